The van der Waals surface area contributed by atoms with Crippen LogP contribution >= 0.6 is 22.7 Å². The molecule has 3 aromatic rings. The van der Waals surface area contributed by atoms with Gasteiger partial charge in [0.2, 0.25) is 5.91 Å². The predicted octanol–water partition coefficient (Wildman–Crippen LogP) is 4.67. The minimum absolute atomic E-state index is 0.0230. The molecule has 5 nitrogen and oxygen atoms in total. The number of aromatic nitrogens is 1. The summed E-state index contributed by atoms with van der Waals surface area (Å²) in [7, 11) is 0. The van der Waals surface area contributed by atoms with Crippen LogP contribution in [-0.4, -0.2) is 34.8 Å². The molecule has 28 heavy (non-hydrogen) atoms. The van der Waals surface area contributed by atoms with Crippen molar-refractivity contribution in [1.29, 1.82) is 0 Å². The van der Waals surface area contributed by atoms with Crippen molar-refractivity contribution in [3.63, 3.8) is 0 Å². The fourth-order valence-electron chi connectivity index (χ4n) is 3.40. The zero-order chi connectivity index (χ0) is 19.5. The van der Waals surface area contributed by atoms with Crippen LogP contribution in [0.4, 0.5) is 5.69 Å². The van der Waals surface area contributed by atoms with E-state index in [1.807, 2.05) is 59.0 Å². The van der Waals surface area contributed by atoms with Crippen LogP contribution in [0.3, 0.4) is 0 Å². The molecule has 0 atom stereocenters. The lowest BCUT2D eigenvalue weighted by atomic mass is 9.95. The lowest BCUT2D eigenvalue weighted by Gasteiger charge is -2.31. The number of carbonyl (C=O) groups is 2. The van der Waals surface area contributed by atoms with E-state index in [4.69, 9.17) is 0 Å². The number of anilines is 1. The summed E-state index contributed by atoms with van der Waals surface area (Å²) in [6, 6.07) is 11.5. The summed E-state index contributed by atoms with van der Waals surface area (Å²) in [6.07, 6.45) is 1.38. The maximum atomic E-state index is 12.7. The summed E-state index contributed by atoms with van der Waals surface area (Å²) in [6.45, 7) is 3.22. The summed E-state index contributed by atoms with van der Waals surface area (Å²) in [4.78, 5) is 32.2. The molecule has 2 amide bonds. The van der Waals surface area contributed by atoms with Crippen LogP contribution < -0.4 is 5.32 Å². The first-order valence-electron chi connectivity index (χ1n) is 9.26. The van der Waals surface area contributed by atoms with Crippen molar-refractivity contribution in [2.75, 3.05) is 18.4 Å². The smallest absolute Gasteiger partial charge is 0.263 e. The maximum Gasteiger partial charge on any atom is 0.263 e. The molecule has 144 valence electrons. The Hall–Kier alpha value is -2.51. The van der Waals surface area contributed by atoms with E-state index in [-0.39, 0.29) is 17.7 Å². The lowest BCUT2D eigenvalue weighted by Crippen LogP contribution is -2.41. The summed E-state index contributed by atoms with van der Waals surface area (Å²) >= 11 is 3.07. The average molecular weight is 412 g/mol. The van der Waals surface area contributed by atoms with Crippen LogP contribution in [0.5, 0.6) is 0 Å². The molecule has 0 unspecified atom stereocenters. The van der Waals surface area contributed by atoms with Crippen LogP contribution in [0.25, 0.3) is 11.3 Å². The van der Waals surface area contributed by atoms with Crippen molar-refractivity contribution in [3.05, 3.63) is 57.0 Å². The van der Waals surface area contributed by atoms with E-state index in [0.29, 0.717) is 25.9 Å². The van der Waals surface area contributed by atoms with Crippen LogP contribution in [0, 0.1) is 12.8 Å². The van der Waals surface area contributed by atoms with E-state index < -0.39 is 0 Å². The minimum atomic E-state index is -0.0717. The normalized spacial score (nSPS) is 14.8. The highest BCUT2D eigenvalue weighted by Gasteiger charge is 2.28. The van der Waals surface area contributed by atoms with E-state index >= 15 is 0 Å². The number of nitrogens with one attached hydrogen (secondary N) is 1. The lowest BCUT2D eigenvalue weighted by molar-refractivity contribution is -0.121. The molecular formula is C21H21N3O2S2. The Balaban J connectivity index is 1.35. The zero-order valence-electron chi connectivity index (χ0n) is 15.6. The summed E-state index contributed by atoms with van der Waals surface area (Å²) in [5, 5.41) is 7.99. The molecule has 0 saturated carbocycles. The molecule has 0 bridgehead atoms. The Kier molecular flexibility index (Phi) is 5.54. The number of nitrogens with zero attached hydrogens (tertiary/aromatic N) is 2. The summed E-state index contributed by atoms with van der Waals surface area (Å²) in [5.41, 5.74) is 2.71. The monoisotopic (exact) mass is 411 g/mol. The number of likely N-dealkylation sites (tertiary alicyclic amines) is 1. The van der Waals surface area contributed by atoms with Gasteiger partial charge in [0.25, 0.3) is 5.91 Å². The van der Waals surface area contributed by atoms with Crippen molar-refractivity contribution in [3.8, 4) is 11.3 Å². The zero-order valence-corrected chi connectivity index (χ0v) is 17.2. The van der Waals surface area contributed by atoms with Crippen molar-refractivity contribution in [2.45, 2.75) is 19.8 Å². The molecule has 0 aliphatic carbocycles. The first-order valence-corrected chi connectivity index (χ1v) is 11.0. The second-order valence-corrected chi connectivity index (χ2v) is 8.88. The number of benzene rings is 1. The third kappa shape index (κ3) is 4.15. The van der Waals surface area contributed by atoms with Gasteiger partial charge in [0.05, 0.1) is 15.6 Å². The molecule has 1 aliphatic rings. The van der Waals surface area contributed by atoms with Gasteiger partial charge >= 0.3 is 0 Å². The number of hydrogen-bond donors (Lipinski definition) is 1. The number of amides is 2. The van der Waals surface area contributed by atoms with Gasteiger partial charge in [-0.2, -0.15) is 0 Å². The SMILES string of the molecule is Cc1nc(-c2cccc(NC(=O)C3CCN(C(=O)c4cccs4)CC3)c2)cs1. The van der Waals surface area contributed by atoms with Gasteiger partial charge in [0.15, 0.2) is 0 Å². The molecule has 2 aromatic heterocycles. The van der Waals surface area contributed by atoms with Gasteiger partial charge in [-0.1, -0.05) is 18.2 Å². The van der Waals surface area contributed by atoms with E-state index in [9.17, 15) is 9.59 Å². The molecule has 1 N–H and O–H groups in total. The standard InChI is InChI=1S/C21H21N3O2S2/c1-14-22-18(13-28-14)16-4-2-5-17(12-16)23-20(25)15-7-9-24(10-8-15)21(26)19-6-3-11-27-19/h2-6,11-13,15H,7-10H2,1H3,(H,23,25). The van der Waals surface area contributed by atoms with Crippen LogP contribution in [-0.2, 0) is 4.79 Å². The van der Waals surface area contributed by atoms with E-state index in [1.165, 1.54) is 11.3 Å². The van der Waals surface area contributed by atoms with Gasteiger partial charge in [-0.15, -0.1) is 22.7 Å². The Morgan fingerprint density at radius 1 is 1.14 bits per heavy atom. The largest absolute Gasteiger partial charge is 0.338 e. The van der Waals surface area contributed by atoms with Crippen LogP contribution in [0.15, 0.2) is 47.2 Å². The van der Waals surface area contributed by atoms with Crippen molar-refractivity contribution in [1.82, 2.24) is 9.88 Å². The van der Waals surface area contributed by atoms with Crippen molar-refractivity contribution < 1.29 is 9.59 Å². The Morgan fingerprint density at radius 3 is 2.64 bits per heavy atom. The highest BCUT2D eigenvalue weighted by molar-refractivity contribution is 7.12. The van der Waals surface area contributed by atoms with Crippen molar-refractivity contribution >= 4 is 40.2 Å². The molecule has 3 heterocycles. The van der Waals surface area contributed by atoms with Crippen LogP contribution in [0.1, 0.15) is 27.5 Å². The maximum absolute atomic E-state index is 12.7. The van der Waals surface area contributed by atoms with Crippen LogP contribution in [0.2, 0.25) is 0 Å². The molecule has 1 saturated heterocycles. The van der Waals surface area contributed by atoms with Gasteiger partial charge in [-0.3, -0.25) is 9.59 Å². The number of carbonyl (C=O) groups excluding carboxylic acids is 2. The predicted molar refractivity (Wildman–Crippen MR) is 114 cm³/mol. The number of piperidine rings is 1. The van der Waals surface area contributed by atoms with Gasteiger partial charge < -0.3 is 10.2 Å². The van der Waals surface area contributed by atoms with E-state index in [1.54, 1.807) is 11.3 Å². The first kappa shape index (κ1) is 18.8. The minimum Gasteiger partial charge on any atom is -0.338 e. The second-order valence-electron chi connectivity index (χ2n) is 6.87. The molecule has 1 aliphatic heterocycles. The summed E-state index contributed by atoms with van der Waals surface area (Å²) in [5.74, 6) is 0.0208. The van der Waals surface area contributed by atoms with Gasteiger partial charge in [-0.05, 0) is 43.3 Å². The van der Waals surface area contributed by atoms with Gasteiger partial charge in [0, 0.05) is 35.6 Å². The molecule has 0 spiro atoms. The topological polar surface area (TPSA) is 62.3 Å². The fourth-order valence-corrected chi connectivity index (χ4v) is 4.71. The number of hydrogen-bond acceptors (Lipinski definition) is 5. The number of aryl methyl sites for hydroxylation is 1. The number of rotatable bonds is 4. The third-order valence-electron chi connectivity index (χ3n) is 4.93. The molecule has 0 radical (unpaired) electrons. The van der Waals surface area contributed by atoms with Crippen molar-refractivity contribution in [2.24, 2.45) is 5.92 Å². The van der Waals surface area contributed by atoms with Gasteiger partial charge in [0.1, 0.15) is 0 Å². The number of thiophene rings is 1. The van der Waals surface area contributed by atoms with E-state index in [2.05, 4.69) is 10.3 Å². The quantitative estimate of drug-likeness (QED) is 0.679. The summed E-state index contributed by atoms with van der Waals surface area (Å²) < 4.78 is 0. The molecule has 1 fully saturated rings. The highest BCUT2D eigenvalue weighted by atomic mass is 32.1. The van der Waals surface area contributed by atoms with Gasteiger partial charge in [-0.25, -0.2) is 4.98 Å². The Labute approximate surface area is 172 Å². The molecule has 4 rings (SSSR count). The third-order valence-corrected chi connectivity index (χ3v) is 6.56. The first-order chi connectivity index (χ1) is 13.6. The molecular weight excluding hydrogens is 390 g/mol. The average Bonchev–Trinajstić information content (AvgIpc) is 3.40. The second kappa shape index (κ2) is 8.24. The van der Waals surface area contributed by atoms with E-state index in [0.717, 1.165) is 26.8 Å². The Bertz CT molecular complexity index is 973. The molecule has 1 aromatic carbocycles. The highest BCUT2D eigenvalue weighted by Crippen LogP contribution is 2.26. The molecule has 7 heteroatoms. The number of thiazole rings is 1. The Morgan fingerprint density at radius 2 is 1.96 bits per heavy atom. The fraction of sp³-hybridized carbons (Fsp3) is 0.286.